The van der Waals surface area contributed by atoms with E-state index in [2.05, 4.69) is 25.8 Å². The van der Waals surface area contributed by atoms with Gasteiger partial charge in [0.25, 0.3) is 0 Å². The van der Waals surface area contributed by atoms with Crippen LogP contribution >= 0.6 is 0 Å². The van der Waals surface area contributed by atoms with Crippen LogP contribution in [-0.2, 0) is 4.74 Å². The van der Waals surface area contributed by atoms with Crippen molar-refractivity contribution in [1.29, 1.82) is 0 Å². The quantitative estimate of drug-likeness (QED) is 0.770. The maximum atomic E-state index is 6.35. The van der Waals surface area contributed by atoms with Crippen molar-refractivity contribution >= 4 is 0 Å². The summed E-state index contributed by atoms with van der Waals surface area (Å²) >= 11 is 0. The van der Waals surface area contributed by atoms with Crippen LogP contribution in [-0.4, -0.2) is 44.3 Å². The van der Waals surface area contributed by atoms with E-state index in [4.69, 9.17) is 10.5 Å². The highest BCUT2D eigenvalue weighted by Gasteiger charge is 2.37. The fraction of sp³-hybridized carbons (Fsp3) is 1.00. The minimum Gasteiger partial charge on any atom is -0.383 e. The lowest BCUT2D eigenvalue weighted by molar-refractivity contribution is 0.0651. The lowest BCUT2D eigenvalue weighted by Crippen LogP contribution is -2.56. The molecule has 1 aliphatic rings. The molecule has 0 aromatic carbocycles. The largest absolute Gasteiger partial charge is 0.383 e. The third-order valence-electron chi connectivity index (χ3n) is 3.85. The maximum Gasteiger partial charge on any atom is 0.0589 e. The second kappa shape index (κ2) is 5.28. The molecule has 1 rings (SSSR count). The number of methoxy groups -OCH3 is 1. The van der Waals surface area contributed by atoms with Crippen molar-refractivity contribution in [2.45, 2.75) is 45.2 Å². The van der Waals surface area contributed by atoms with Crippen LogP contribution in [0, 0.1) is 5.41 Å². The normalized spacial score (nSPS) is 30.8. The number of nitrogens with zero attached hydrogens (tertiary/aromatic N) is 1. The van der Waals surface area contributed by atoms with Crippen LogP contribution < -0.4 is 5.73 Å². The van der Waals surface area contributed by atoms with E-state index in [9.17, 15) is 0 Å². The molecule has 90 valence electrons. The Hall–Kier alpha value is -0.120. The molecule has 3 heteroatoms. The minimum absolute atomic E-state index is 0.282. The predicted octanol–water partition coefficient (Wildman–Crippen LogP) is 1.47. The molecule has 0 heterocycles. The Kier molecular flexibility index (Phi) is 4.56. The van der Waals surface area contributed by atoms with E-state index < -0.39 is 0 Å². The summed E-state index contributed by atoms with van der Waals surface area (Å²) in [5, 5.41) is 0. The summed E-state index contributed by atoms with van der Waals surface area (Å²) in [4.78, 5) is 2.36. The van der Waals surface area contributed by atoms with Crippen LogP contribution in [0.2, 0.25) is 0 Å². The number of hydrogen-bond donors (Lipinski definition) is 1. The topological polar surface area (TPSA) is 38.5 Å². The van der Waals surface area contributed by atoms with E-state index in [1.54, 1.807) is 7.11 Å². The zero-order chi connectivity index (χ0) is 11.5. The molecular formula is C12H26N2O. The van der Waals surface area contributed by atoms with Gasteiger partial charge in [0.15, 0.2) is 0 Å². The monoisotopic (exact) mass is 214 g/mol. The second-order valence-corrected chi connectivity index (χ2v) is 5.45. The smallest absolute Gasteiger partial charge is 0.0589 e. The first-order chi connectivity index (χ1) is 6.99. The molecule has 0 radical (unpaired) electrons. The van der Waals surface area contributed by atoms with Crippen molar-refractivity contribution in [1.82, 2.24) is 4.90 Å². The van der Waals surface area contributed by atoms with Crippen LogP contribution in [0.15, 0.2) is 0 Å². The molecule has 2 N–H and O–H groups in total. The van der Waals surface area contributed by atoms with E-state index in [0.29, 0.717) is 6.04 Å². The maximum absolute atomic E-state index is 6.35. The van der Waals surface area contributed by atoms with Gasteiger partial charge >= 0.3 is 0 Å². The highest BCUT2D eigenvalue weighted by atomic mass is 16.5. The van der Waals surface area contributed by atoms with Gasteiger partial charge in [-0.25, -0.2) is 0 Å². The molecular weight excluding hydrogens is 188 g/mol. The van der Waals surface area contributed by atoms with Gasteiger partial charge in [-0.05, 0) is 25.3 Å². The Balaban J connectivity index is 2.53. The molecule has 0 bridgehead atoms. The van der Waals surface area contributed by atoms with Gasteiger partial charge in [0.1, 0.15) is 0 Å². The van der Waals surface area contributed by atoms with E-state index in [-0.39, 0.29) is 11.5 Å². The fourth-order valence-electron chi connectivity index (χ4n) is 2.53. The van der Waals surface area contributed by atoms with Crippen molar-refractivity contribution in [2.24, 2.45) is 11.1 Å². The van der Waals surface area contributed by atoms with Crippen molar-refractivity contribution in [3.8, 4) is 0 Å². The minimum atomic E-state index is 0.282. The van der Waals surface area contributed by atoms with Crippen molar-refractivity contribution in [3.05, 3.63) is 0 Å². The van der Waals surface area contributed by atoms with E-state index in [1.165, 1.54) is 19.3 Å². The van der Waals surface area contributed by atoms with E-state index >= 15 is 0 Å². The molecule has 2 unspecified atom stereocenters. The lowest BCUT2D eigenvalue weighted by Gasteiger charge is -2.45. The van der Waals surface area contributed by atoms with Crippen molar-refractivity contribution in [2.75, 3.05) is 27.3 Å². The Morgan fingerprint density at radius 3 is 2.73 bits per heavy atom. The van der Waals surface area contributed by atoms with E-state index in [1.807, 2.05) is 0 Å². The molecule has 2 atom stereocenters. The van der Waals surface area contributed by atoms with Gasteiger partial charge in [0, 0.05) is 25.7 Å². The van der Waals surface area contributed by atoms with Crippen molar-refractivity contribution in [3.63, 3.8) is 0 Å². The summed E-state index contributed by atoms with van der Waals surface area (Å²) < 4.78 is 5.11. The number of nitrogens with two attached hydrogens (primary N) is 1. The standard InChI is InChI=1S/C12H26N2O/c1-12(2)7-5-6-10(11(12)13)14(3)8-9-15-4/h10-11H,5-9,13H2,1-4H3. The zero-order valence-corrected chi connectivity index (χ0v) is 10.6. The first-order valence-electron chi connectivity index (χ1n) is 5.94. The average molecular weight is 214 g/mol. The summed E-state index contributed by atoms with van der Waals surface area (Å²) in [6, 6.07) is 0.803. The van der Waals surface area contributed by atoms with E-state index in [0.717, 1.165) is 13.2 Å². The third-order valence-corrected chi connectivity index (χ3v) is 3.85. The van der Waals surface area contributed by atoms with Gasteiger partial charge in [-0.1, -0.05) is 20.3 Å². The number of hydrogen-bond acceptors (Lipinski definition) is 3. The van der Waals surface area contributed by atoms with Crippen molar-refractivity contribution < 1.29 is 4.74 Å². The highest BCUT2D eigenvalue weighted by molar-refractivity contribution is 4.95. The van der Waals surface area contributed by atoms with Gasteiger partial charge in [0.05, 0.1) is 6.61 Å². The summed E-state index contributed by atoms with van der Waals surface area (Å²) in [6.45, 7) is 6.34. The molecule has 0 spiro atoms. The summed E-state index contributed by atoms with van der Waals surface area (Å²) in [7, 11) is 3.91. The Morgan fingerprint density at radius 1 is 1.47 bits per heavy atom. The zero-order valence-electron chi connectivity index (χ0n) is 10.6. The van der Waals surface area contributed by atoms with Crippen LogP contribution in [0.1, 0.15) is 33.1 Å². The average Bonchev–Trinajstić information content (AvgIpc) is 2.18. The Bertz CT molecular complexity index is 194. The van der Waals surface area contributed by atoms with Gasteiger partial charge in [-0.2, -0.15) is 0 Å². The van der Waals surface area contributed by atoms with Gasteiger partial charge in [0.2, 0.25) is 0 Å². The van der Waals surface area contributed by atoms with Crippen LogP contribution in [0.3, 0.4) is 0 Å². The SMILES string of the molecule is COCCN(C)C1CCCC(C)(C)C1N. The third kappa shape index (κ3) is 3.16. The lowest BCUT2D eigenvalue weighted by atomic mass is 9.71. The molecule has 0 amide bonds. The first kappa shape index (κ1) is 12.9. The Labute approximate surface area is 94.0 Å². The molecule has 0 saturated heterocycles. The van der Waals surface area contributed by atoms with Gasteiger partial charge < -0.3 is 10.5 Å². The molecule has 3 nitrogen and oxygen atoms in total. The predicted molar refractivity (Wildman–Crippen MR) is 63.9 cm³/mol. The fourth-order valence-corrected chi connectivity index (χ4v) is 2.53. The molecule has 0 aromatic rings. The number of ether oxygens (including phenoxy) is 1. The second-order valence-electron chi connectivity index (χ2n) is 5.45. The van der Waals surface area contributed by atoms with Crippen LogP contribution in [0.4, 0.5) is 0 Å². The van der Waals surface area contributed by atoms with Crippen LogP contribution in [0.5, 0.6) is 0 Å². The number of rotatable bonds is 4. The molecule has 1 fully saturated rings. The summed E-state index contributed by atoms with van der Waals surface area (Å²) in [5.74, 6) is 0. The summed E-state index contributed by atoms with van der Waals surface area (Å²) in [5.41, 5.74) is 6.63. The molecule has 15 heavy (non-hydrogen) atoms. The van der Waals surface area contributed by atoms with Crippen LogP contribution in [0.25, 0.3) is 0 Å². The molecule has 1 aliphatic carbocycles. The first-order valence-corrected chi connectivity index (χ1v) is 5.94. The molecule has 0 aliphatic heterocycles. The number of likely N-dealkylation sites (N-methyl/N-ethyl adjacent to an activating group) is 1. The van der Waals surface area contributed by atoms with Gasteiger partial charge in [-0.3, -0.25) is 4.90 Å². The molecule has 1 saturated carbocycles. The summed E-state index contributed by atoms with van der Waals surface area (Å²) in [6.07, 6.45) is 3.77. The van der Waals surface area contributed by atoms with Gasteiger partial charge in [-0.15, -0.1) is 0 Å². The highest BCUT2D eigenvalue weighted by Crippen LogP contribution is 2.36. The molecule has 0 aromatic heterocycles. The Morgan fingerprint density at radius 2 is 2.13 bits per heavy atom.